The van der Waals surface area contributed by atoms with Gasteiger partial charge in [-0.1, -0.05) is 0 Å². The molecule has 2 amide bonds. The van der Waals surface area contributed by atoms with Crippen LogP contribution in [0.5, 0.6) is 5.75 Å². The summed E-state index contributed by atoms with van der Waals surface area (Å²) in [5.41, 5.74) is 1.88. The van der Waals surface area contributed by atoms with Gasteiger partial charge in [-0.25, -0.2) is 9.59 Å². The van der Waals surface area contributed by atoms with Gasteiger partial charge < -0.3 is 20.5 Å². The van der Waals surface area contributed by atoms with Crippen LogP contribution in [0.1, 0.15) is 15.9 Å². The molecular weight excluding hydrogens is 286 g/mol. The summed E-state index contributed by atoms with van der Waals surface area (Å²) in [6.45, 7) is 1.76. The van der Waals surface area contributed by atoms with E-state index in [-0.39, 0.29) is 11.3 Å². The second-order valence-corrected chi connectivity index (χ2v) is 4.53. The molecule has 1 heterocycles. The van der Waals surface area contributed by atoms with Gasteiger partial charge in [0.05, 0.1) is 24.6 Å². The summed E-state index contributed by atoms with van der Waals surface area (Å²) >= 11 is 0. The van der Waals surface area contributed by atoms with Gasteiger partial charge in [-0.15, -0.1) is 0 Å². The lowest BCUT2D eigenvalue weighted by Crippen LogP contribution is -2.20. The minimum Gasteiger partial charge on any atom is -0.508 e. The Bertz CT molecular complexity index is 716. The van der Waals surface area contributed by atoms with Gasteiger partial charge in [0.25, 0.3) is 0 Å². The number of anilines is 2. The topological polar surface area (TPSA) is 101 Å². The highest BCUT2D eigenvalue weighted by atomic mass is 16.5. The summed E-state index contributed by atoms with van der Waals surface area (Å²) < 4.78 is 4.59. The van der Waals surface area contributed by atoms with Gasteiger partial charge in [-0.2, -0.15) is 0 Å². The Kier molecular flexibility index (Phi) is 4.57. The van der Waals surface area contributed by atoms with E-state index in [1.807, 2.05) is 0 Å². The Morgan fingerprint density at radius 3 is 2.64 bits per heavy atom. The van der Waals surface area contributed by atoms with Crippen LogP contribution in [-0.4, -0.2) is 29.2 Å². The first-order valence-corrected chi connectivity index (χ1v) is 6.40. The number of aromatic nitrogens is 1. The number of aromatic hydroxyl groups is 1. The number of carbonyl (C=O) groups excluding carboxylic acids is 2. The molecule has 22 heavy (non-hydrogen) atoms. The molecule has 114 valence electrons. The van der Waals surface area contributed by atoms with Gasteiger partial charge in [0.2, 0.25) is 0 Å². The predicted octanol–water partition coefficient (Wildman–Crippen LogP) is 2.53. The lowest BCUT2D eigenvalue weighted by molar-refractivity contribution is 0.0600. The molecule has 2 aromatic rings. The maximum absolute atomic E-state index is 11.9. The second kappa shape index (κ2) is 6.57. The molecule has 0 radical (unpaired) electrons. The number of pyridine rings is 1. The zero-order valence-electron chi connectivity index (χ0n) is 12.1. The first-order chi connectivity index (χ1) is 10.5. The Morgan fingerprint density at radius 1 is 1.18 bits per heavy atom. The third kappa shape index (κ3) is 3.72. The van der Waals surface area contributed by atoms with E-state index in [0.717, 1.165) is 5.56 Å². The Hall–Kier alpha value is -3.09. The lowest BCUT2D eigenvalue weighted by atomic mass is 10.2. The van der Waals surface area contributed by atoms with E-state index in [2.05, 4.69) is 20.4 Å². The molecule has 0 spiro atoms. The van der Waals surface area contributed by atoms with E-state index in [9.17, 15) is 14.7 Å². The Balaban J connectivity index is 2.07. The fourth-order valence-electron chi connectivity index (χ4n) is 1.81. The van der Waals surface area contributed by atoms with Crippen molar-refractivity contribution in [2.24, 2.45) is 0 Å². The largest absolute Gasteiger partial charge is 0.508 e. The molecule has 0 aliphatic rings. The summed E-state index contributed by atoms with van der Waals surface area (Å²) in [4.78, 5) is 27.2. The van der Waals surface area contributed by atoms with Gasteiger partial charge in [0.15, 0.2) is 0 Å². The van der Waals surface area contributed by atoms with Crippen LogP contribution in [0.3, 0.4) is 0 Å². The van der Waals surface area contributed by atoms with Crippen molar-refractivity contribution in [3.63, 3.8) is 0 Å². The molecule has 1 aromatic carbocycles. The van der Waals surface area contributed by atoms with Crippen LogP contribution in [0, 0.1) is 6.92 Å². The summed E-state index contributed by atoms with van der Waals surface area (Å²) in [5.74, 6) is -0.413. The van der Waals surface area contributed by atoms with Crippen LogP contribution >= 0.6 is 0 Å². The van der Waals surface area contributed by atoms with Gasteiger partial charge >= 0.3 is 12.0 Å². The fourth-order valence-corrected chi connectivity index (χ4v) is 1.81. The summed E-state index contributed by atoms with van der Waals surface area (Å²) in [6.07, 6.45) is 2.76. The molecule has 2 rings (SSSR count). The van der Waals surface area contributed by atoms with Gasteiger partial charge in [0, 0.05) is 11.9 Å². The average Bonchev–Trinajstić information content (AvgIpc) is 2.49. The minimum absolute atomic E-state index is 0.124. The molecule has 0 aliphatic carbocycles. The van der Waals surface area contributed by atoms with Crippen LogP contribution < -0.4 is 10.6 Å². The highest BCUT2D eigenvalue weighted by Crippen LogP contribution is 2.20. The van der Waals surface area contributed by atoms with Crippen LogP contribution in [-0.2, 0) is 4.74 Å². The number of aryl methyl sites for hydroxylation is 1. The monoisotopic (exact) mass is 301 g/mol. The van der Waals surface area contributed by atoms with Crippen molar-refractivity contribution in [2.75, 3.05) is 17.7 Å². The summed E-state index contributed by atoms with van der Waals surface area (Å²) in [7, 11) is 1.27. The summed E-state index contributed by atoms with van der Waals surface area (Å²) in [6, 6.07) is 5.57. The number of hydrogen-bond acceptors (Lipinski definition) is 5. The van der Waals surface area contributed by atoms with E-state index in [1.165, 1.54) is 37.7 Å². The van der Waals surface area contributed by atoms with Crippen LogP contribution in [0.4, 0.5) is 16.2 Å². The maximum atomic E-state index is 11.9. The fraction of sp³-hybridized carbons (Fsp3) is 0.133. The van der Waals surface area contributed by atoms with Crippen molar-refractivity contribution in [2.45, 2.75) is 6.92 Å². The molecule has 0 atom stereocenters. The zero-order chi connectivity index (χ0) is 16.1. The maximum Gasteiger partial charge on any atom is 0.339 e. The molecule has 0 saturated carbocycles. The molecule has 7 heteroatoms. The van der Waals surface area contributed by atoms with Gasteiger partial charge in [0.1, 0.15) is 5.75 Å². The molecule has 0 unspecified atom stereocenters. The number of benzene rings is 1. The normalized spacial score (nSPS) is 9.91. The smallest absolute Gasteiger partial charge is 0.339 e. The van der Waals surface area contributed by atoms with E-state index in [0.29, 0.717) is 11.4 Å². The molecular formula is C15H15N3O4. The Labute approximate surface area is 126 Å². The predicted molar refractivity (Wildman–Crippen MR) is 81.1 cm³/mol. The number of urea groups is 1. The number of amides is 2. The number of rotatable bonds is 3. The van der Waals surface area contributed by atoms with E-state index in [1.54, 1.807) is 13.0 Å². The van der Waals surface area contributed by atoms with Crippen molar-refractivity contribution in [1.82, 2.24) is 4.98 Å². The van der Waals surface area contributed by atoms with Crippen molar-refractivity contribution in [3.05, 3.63) is 47.8 Å². The van der Waals surface area contributed by atoms with Crippen LogP contribution in [0.15, 0.2) is 36.7 Å². The SMILES string of the molecule is COC(=O)c1cncc(NC(=O)Nc2ccc(O)cc2C)c1. The van der Waals surface area contributed by atoms with E-state index < -0.39 is 12.0 Å². The summed E-state index contributed by atoms with van der Waals surface area (Å²) in [5, 5.41) is 14.5. The number of nitrogens with zero attached hydrogens (tertiary/aromatic N) is 1. The number of phenolic OH excluding ortho intramolecular Hbond substituents is 1. The number of phenols is 1. The third-order valence-electron chi connectivity index (χ3n) is 2.88. The average molecular weight is 301 g/mol. The number of methoxy groups -OCH3 is 1. The molecule has 3 N–H and O–H groups in total. The zero-order valence-corrected chi connectivity index (χ0v) is 12.1. The molecule has 0 saturated heterocycles. The Morgan fingerprint density at radius 2 is 1.95 bits per heavy atom. The van der Waals surface area contributed by atoms with Crippen molar-refractivity contribution >= 4 is 23.4 Å². The van der Waals surface area contributed by atoms with E-state index in [4.69, 9.17) is 0 Å². The quantitative estimate of drug-likeness (QED) is 0.597. The lowest BCUT2D eigenvalue weighted by Gasteiger charge is -2.10. The number of nitrogens with one attached hydrogen (secondary N) is 2. The highest BCUT2D eigenvalue weighted by molar-refractivity contribution is 6.01. The second-order valence-electron chi connectivity index (χ2n) is 4.53. The van der Waals surface area contributed by atoms with Crippen molar-refractivity contribution in [1.29, 1.82) is 0 Å². The molecule has 0 fully saturated rings. The van der Waals surface area contributed by atoms with Gasteiger partial charge in [-0.3, -0.25) is 4.98 Å². The third-order valence-corrected chi connectivity index (χ3v) is 2.88. The number of ether oxygens (including phenoxy) is 1. The standard InChI is InChI=1S/C15H15N3O4/c1-9-5-12(19)3-4-13(9)18-15(21)17-11-6-10(7-16-8-11)14(20)22-2/h3-8,19H,1-2H3,(H2,17,18,21). The number of carbonyl (C=O) groups is 2. The van der Waals surface area contributed by atoms with E-state index >= 15 is 0 Å². The van der Waals surface area contributed by atoms with Crippen LogP contribution in [0.2, 0.25) is 0 Å². The molecule has 7 nitrogen and oxygen atoms in total. The van der Waals surface area contributed by atoms with Crippen molar-refractivity contribution < 1.29 is 19.4 Å². The first kappa shape index (κ1) is 15.3. The minimum atomic E-state index is -0.536. The first-order valence-electron chi connectivity index (χ1n) is 6.40. The van der Waals surface area contributed by atoms with Crippen LogP contribution in [0.25, 0.3) is 0 Å². The highest BCUT2D eigenvalue weighted by Gasteiger charge is 2.09. The number of esters is 1. The number of hydrogen-bond donors (Lipinski definition) is 3. The van der Waals surface area contributed by atoms with Gasteiger partial charge in [-0.05, 0) is 36.8 Å². The molecule has 0 bridgehead atoms. The van der Waals surface area contributed by atoms with Crippen molar-refractivity contribution in [3.8, 4) is 5.75 Å². The molecule has 1 aromatic heterocycles. The molecule has 0 aliphatic heterocycles.